The van der Waals surface area contributed by atoms with Crippen LogP contribution in [0.3, 0.4) is 0 Å². The van der Waals surface area contributed by atoms with Crippen molar-refractivity contribution in [2.45, 2.75) is 12.0 Å². The lowest BCUT2D eigenvalue weighted by Crippen LogP contribution is -2.36. The van der Waals surface area contributed by atoms with Gasteiger partial charge in [0.2, 0.25) is 0 Å². The standard InChI is InChI=1S/C9H11F3N2O2.ClH/c10-5-2-1-4(7(16)6(5)13)8(14)9(11,12)3-15;/h1-2,8,15-16H,3,13-14H2;1H/t8-;/m0./s1. The number of aliphatic hydroxyl groups is 1. The third kappa shape index (κ3) is 2.93. The number of rotatable bonds is 3. The van der Waals surface area contributed by atoms with E-state index in [9.17, 15) is 18.3 Å². The highest BCUT2D eigenvalue weighted by atomic mass is 35.5. The van der Waals surface area contributed by atoms with Gasteiger partial charge < -0.3 is 21.7 Å². The Morgan fingerprint density at radius 3 is 2.35 bits per heavy atom. The molecule has 1 aromatic carbocycles. The van der Waals surface area contributed by atoms with Crippen LogP contribution in [0.1, 0.15) is 11.6 Å². The molecule has 0 spiro atoms. The lowest BCUT2D eigenvalue weighted by atomic mass is 10.00. The first-order chi connectivity index (χ1) is 7.31. The summed E-state index contributed by atoms with van der Waals surface area (Å²) in [6.45, 7) is -1.48. The Kier molecular flexibility index (Phi) is 5.06. The molecule has 0 bridgehead atoms. The molecule has 6 N–H and O–H groups in total. The van der Waals surface area contributed by atoms with E-state index < -0.39 is 41.4 Å². The highest BCUT2D eigenvalue weighted by Crippen LogP contribution is 2.37. The van der Waals surface area contributed by atoms with Gasteiger partial charge in [-0.2, -0.15) is 0 Å². The number of hydrogen-bond donors (Lipinski definition) is 4. The van der Waals surface area contributed by atoms with Crippen LogP contribution >= 0.6 is 12.4 Å². The van der Waals surface area contributed by atoms with Crippen molar-refractivity contribution in [1.82, 2.24) is 0 Å². The van der Waals surface area contributed by atoms with E-state index in [1.54, 1.807) is 0 Å². The second-order valence-corrected chi connectivity index (χ2v) is 3.30. The van der Waals surface area contributed by atoms with Crippen LogP contribution in [0.4, 0.5) is 18.9 Å². The number of phenols is 1. The molecule has 0 unspecified atom stereocenters. The maximum atomic E-state index is 13.0. The molecule has 0 aromatic heterocycles. The van der Waals surface area contributed by atoms with Crippen LogP contribution in [0.25, 0.3) is 0 Å². The molecule has 0 amide bonds. The summed E-state index contributed by atoms with van der Waals surface area (Å²) in [5.74, 6) is -5.39. The largest absolute Gasteiger partial charge is 0.505 e. The van der Waals surface area contributed by atoms with Gasteiger partial charge in [0.05, 0.1) is 0 Å². The van der Waals surface area contributed by atoms with Gasteiger partial charge in [-0.25, -0.2) is 13.2 Å². The van der Waals surface area contributed by atoms with Crippen LogP contribution in [0, 0.1) is 5.82 Å². The third-order valence-electron chi connectivity index (χ3n) is 2.20. The van der Waals surface area contributed by atoms with E-state index in [4.69, 9.17) is 16.6 Å². The van der Waals surface area contributed by atoms with Crippen LogP contribution in [0.15, 0.2) is 12.1 Å². The molecule has 0 saturated carbocycles. The number of hydrogen-bond acceptors (Lipinski definition) is 4. The molecule has 1 atom stereocenters. The van der Waals surface area contributed by atoms with Gasteiger partial charge in [-0.15, -0.1) is 12.4 Å². The lowest BCUT2D eigenvalue weighted by Gasteiger charge is -2.22. The Morgan fingerprint density at radius 1 is 1.35 bits per heavy atom. The molecule has 0 heterocycles. The Bertz CT molecular complexity index is 404. The van der Waals surface area contributed by atoms with Crippen molar-refractivity contribution in [2.75, 3.05) is 12.3 Å². The molecule has 8 heteroatoms. The number of phenolic OH excluding ortho intramolecular Hbond substituents is 1. The monoisotopic (exact) mass is 272 g/mol. The number of alkyl halides is 2. The normalized spacial score (nSPS) is 13.0. The van der Waals surface area contributed by atoms with Crippen LogP contribution in [0.2, 0.25) is 0 Å². The SMILES string of the molecule is Cl.Nc1c(F)ccc([C@H](N)C(F)(F)CO)c1O. The highest BCUT2D eigenvalue weighted by molar-refractivity contribution is 5.85. The number of aliphatic hydroxyl groups excluding tert-OH is 1. The Hall–Kier alpha value is -1.18. The molecule has 1 aromatic rings. The van der Waals surface area contributed by atoms with Crippen LogP contribution in [-0.2, 0) is 0 Å². The minimum atomic E-state index is -3.62. The second-order valence-electron chi connectivity index (χ2n) is 3.30. The Morgan fingerprint density at radius 2 is 1.88 bits per heavy atom. The van der Waals surface area contributed by atoms with E-state index in [0.717, 1.165) is 12.1 Å². The quantitative estimate of drug-likeness (QED) is 0.491. The summed E-state index contributed by atoms with van der Waals surface area (Å²) >= 11 is 0. The third-order valence-corrected chi connectivity index (χ3v) is 2.20. The van der Waals surface area contributed by atoms with Crippen molar-refractivity contribution < 1.29 is 23.4 Å². The van der Waals surface area contributed by atoms with Gasteiger partial charge in [-0.05, 0) is 6.07 Å². The number of nitrogens with two attached hydrogens (primary N) is 2. The summed E-state index contributed by atoms with van der Waals surface area (Å²) in [5.41, 5.74) is 9.20. The maximum Gasteiger partial charge on any atom is 0.289 e. The van der Waals surface area contributed by atoms with E-state index in [1.807, 2.05) is 0 Å². The van der Waals surface area contributed by atoms with Crippen molar-refractivity contribution in [3.63, 3.8) is 0 Å². The first-order valence-corrected chi connectivity index (χ1v) is 4.32. The summed E-state index contributed by atoms with van der Waals surface area (Å²) in [7, 11) is 0. The van der Waals surface area contributed by atoms with E-state index >= 15 is 0 Å². The predicted molar refractivity (Wildman–Crippen MR) is 58.7 cm³/mol. The second kappa shape index (κ2) is 5.44. The first-order valence-electron chi connectivity index (χ1n) is 4.32. The molecule has 0 fully saturated rings. The van der Waals surface area contributed by atoms with E-state index in [-0.39, 0.29) is 12.4 Å². The van der Waals surface area contributed by atoms with Gasteiger partial charge in [-0.3, -0.25) is 0 Å². The fourth-order valence-corrected chi connectivity index (χ4v) is 1.18. The Balaban J connectivity index is 0.00000256. The molecule has 4 nitrogen and oxygen atoms in total. The first kappa shape index (κ1) is 15.8. The van der Waals surface area contributed by atoms with E-state index in [0.29, 0.717) is 0 Å². The fourth-order valence-electron chi connectivity index (χ4n) is 1.18. The average molecular weight is 273 g/mol. The predicted octanol–water partition coefficient (Wildman–Crippen LogP) is 1.16. The molecule has 0 radical (unpaired) electrons. The summed E-state index contributed by atoms with van der Waals surface area (Å²) in [5, 5.41) is 17.8. The maximum absolute atomic E-state index is 13.0. The zero-order valence-corrected chi connectivity index (χ0v) is 9.35. The highest BCUT2D eigenvalue weighted by Gasteiger charge is 2.39. The number of anilines is 1. The molecule has 98 valence electrons. The lowest BCUT2D eigenvalue weighted by molar-refractivity contribution is -0.0715. The van der Waals surface area contributed by atoms with Crippen molar-refractivity contribution in [3.8, 4) is 5.75 Å². The number of benzene rings is 1. The summed E-state index contributed by atoms with van der Waals surface area (Å²) in [6, 6.07) is -0.243. The zero-order valence-electron chi connectivity index (χ0n) is 8.53. The van der Waals surface area contributed by atoms with E-state index in [1.165, 1.54) is 0 Å². The van der Waals surface area contributed by atoms with Gasteiger partial charge in [0.15, 0.2) is 0 Å². The minimum absolute atomic E-state index is 0. The molecule has 1 rings (SSSR count). The van der Waals surface area contributed by atoms with E-state index in [2.05, 4.69) is 0 Å². The average Bonchev–Trinajstić information content (AvgIpc) is 2.25. The van der Waals surface area contributed by atoms with Crippen LogP contribution in [-0.4, -0.2) is 22.7 Å². The van der Waals surface area contributed by atoms with Gasteiger partial charge in [0.25, 0.3) is 5.92 Å². The topological polar surface area (TPSA) is 92.5 Å². The van der Waals surface area contributed by atoms with Crippen molar-refractivity contribution in [1.29, 1.82) is 0 Å². The fraction of sp³-hybridized carbons (Fsp3) is 0.333. The van der Waals surface area contributed by atoms with Gasteiger partial charge in [0.1, 0.15) is 29.9 Å². The molecular formula is C9H12ClF3N2O2. The summed E-state index contributed by atoms with van der Waals surface area (Å²) in [4.78, 5) is 0. The molecule has 17 heavy (non-hydrogen) atoms. The van der Waals surface area contributed by atoms with Gasteiger partial charge >= 0.3 is 0 Å². The summed E-state index contributed by atoms with van der Waals surface area (Å²) in [6.07, 6.45) is 0. The van der Waals surface area contributed by atoms with Crippen molar-refractivity contribution in [3.05, 3.63) is 23.5 Å². The van der Waals surface area contributed by atoms with Gasteiger partial charge in [-0.1, -0.05) is 6.07 Å². The zero-order chi connectivity index (χ0) is 12.5. The smallest absolute Gasteiger partial charge is 0.289 e. The van der Waals surface area contributed by atoms with Crippen molar-refractivity contribution >= 4 is 18.1 Å². The van der Waals surface area contributed by atoms with Crippen molar-refractivity contribution in [2.24, 2.45) is 5.73 Å². The molecular weight excluding hydrogens is 261 g/mol. The Labute approximate surface area is 101 Å². The minimum Gasteiger partial charge on any atom is -0.505 e. The summed E-state index contributed by atoms with van der Waals surface area (Å²) < 4.78 is 38.9. The van der Waals surface area contributed by atoms with Crippen LogP contribution in [0.5, 0.6) is 5.75 Å². The molecule has 0 aliphatic carbocycles. The number of halogens is 4. The molecule has 0 saturated heterocycles. The van der Waals surface area contributed by atoms with Crippen LogP contribution < -0.4 is 11.5 Å². The number of aromatic hydroxyl groups is 1. The molecule has 0 aliphatic rings. The van der Waals surface area contributed by atoms with Gasteiger partial charge in [0, 0.05) is 5.56 Å². The number of nitrogen functional groups attached to an aromatic ring is 1. The molecule has 0 aliphatic heterocycles.